The second kappa shape index (κ2) is 4.35. The molecule has 0 atom stereocenters. The molecule has 0 aromatic carbocycles. The van der Waals surface area contributed by atoms with Crippen molar-refractivity contribution in [1.29, 1.82) is 0 Å². The Morgan fingerprint density at radius 1 is 1.53 bits per heavy atom. The van der Waals surface area contributed by atoms with E-state index in [1.54, 1.807) is 6.33 Å². The fourth-order valence-electron chi connectivity index (χ4n) is 2.23. The summed E-state index contributed by atoms with van der Waals surface area (Å²) in [6.45, 7) is 6.41. The standard InChI is InChI=1S/C12H21N3/c1-3-4-12(5-6-12)8-13-7-11-10(2)14-9-15-11/h9,13H,3-8H2,1-2H3,(H,14,15). The molecule has 3 nitrogen and oxygen atoms in total. The van der Waals surface area contributed by atoms with Crippen LogP contribution in [0.5, 0.6) is 0 Å². The molecule has 1 aliphatic rings. The highest BCUT2D eigenvalue weighted by molar-refractivity contribution is 5.08. The molecule has 0 spiro atoms. The van der Waals surface area contributed by atoms with Crippen LogP contribution in [0.3, 0.4) is 0 Å². The van der Waals surface area contributed by atoms with Crippen molar-refractivity contribution >= 4 is 0 Å². The first-order valence-electron chi connectivity index (χ1n) is 5.95. The van der Waals surface area contributed by atoms with Gasteiger partial charge in [-0.2, -0.15) is 0 Å². The van der Waals surface area contributed by atoms with E-state index in [2.05, 4.69) is 29.1 Å². The molecule has 0 aliphatic heterocycles. The first-order chi connectivity index (χ1) is 7.26. The molecule has 84 valence electrons. The predicted octanol–water partition coefficient (Wildman–Crippen LogP) is 2.39. The molecule has 0 saturated heterocycles. The first kappa shape index (κ1) is 10.7. The number of hydrogen-bond acceptors (Lipinski definition) is 2. The largest absolute Gasteiger partial charge is 0.348 e. The maximum Gasteiger partial charge on any atom is 0.0925 e. The van der Waals surface area contributed by atoms with Crippen molar-refractivity contribution in [1.82, 2.24) is 15.3 Å². The third-order valence-corrected chi connectivity index (χ3v) is 3.46. The maximum absolute atomic E-state index is 4.28. The van der Waals surface area contributed by atoms with Crippen molar-refractivity contribution in [3.63, 3.8) is 0 Å². The molecule has 0 unspecified atom stereocenters. The van der Waals surface area contributed by atoms with Gasteiger partial charge in [0.05, 0.1) is 12.0 Å². The quantitative estimate of drug-likeness (QED) is 0.752. The average molecular weight is 207 g/mol. The molecule has 15 heavy (non-hydrogen) atoms. The summed E-state index contributed by atoms with van der Waals surface area (Å²) in [4.78, 5) is 7.39. The van der Waals surface area contributed by atoms with E-state index >= 15 is 0 Å². The Labute approximate surface area is 91.7 Å². The molecule has 1 fully saturated rings. The van der Waals surface area contributed by atoms with Crippen LogP contribution in [0.4, 0.5) is 0 Å². The highest BCUT2D eigenvalue weighted by Gasteiger charge is 2.40. The molecule has 2 rings (SSSR count). The smallest absolute Gasteiger partial charge is 0.0925 e. The number of aryl methyl sites for hydroxylation is 1. The Morgan fingerprint density at radius 2 is 2.33 bits per heavy atom. The zero-order chi connectivity index (χ0) is 10.7. The van der Waals surface area contributed by atoms with Crippen LogP contribution in [0, 0.1) is 12.3 Å². The summed E-state index contributed by atoms with van der Waals surface area (Å²) < 4.78 is 0. The van der Waals surface area contributed by atoms with E-state index in [0.717, 1.165) is 18.8 Å². The predicted molar refractivity (Wildman–Crippen MR) is 61.6 cm³/mol. The zero-order valence-electron chi connectivity index (χ0n) is 9.77. The molecular weight excluding hydrogens is 186 g/mol. The van der Waals surface area contributed by atoms with Crippen molar-refractivity contribution in [2.24, 2.45) is 5.41 Å². The number of nitrogens with one attached hydrogen (secondary N) is 2. The van der Waals surface area contributed by atoms with Crippen molar-refractivity contribution in [2.75, 3.05) is 6.54 Å². The van der Waals surface area contributed by atoms with Gasteiger partial charge in [0.2, 0.25) is 0 Å². The summed E-state index contributed by atoms with van der Waals surface area (Å²) in [5, 5.41) is 3.53. The van der Waals surface area contributed by atoms with Crippen LogP contribution in [-0.4, -0.2) is 16.5 Å². The Kier molecular flexibility index (Phi) is 3.10. The van der Waals surface area contributed by atoms with Gasteiger partial charge in [-0.15, -0.1) is 0 Å². The van der Waals surface area contributed by atoms with Crippen LogP contribution in [0.2, 0.25) is 0 Å². The van der Waals surface area contributed by atoms with Crippen LogP contribution in [0.25, 0.3) is 0 Å². The van der Waals surface area contributed by atoms with Crippen LogP contribution in [-0.2, 0) is 6.54 Å². The molecule has 1 aliphatic carbocycles. The van der Waals surface area contributed by atoms with E-state index in [9.17, 15) is 0 Å². The molecule has 1 heterocycles. The van der Waals surface area contributed by atoms with Gasteiger partial charge in [-0.3, -0.25) is 0 Å². The number of aromatic amines is 1. The van der Waals surface area contributed by atoms with E-state index in [1.807, 2.05) is 0 Å². The highest BCUT2D eigenvalue weighted by Crippen LogP contribution is 2.48. The van der Waals surface area contributed by atoms with Crippen LogP contribution >= 0.6 is 0 Å². The molecule has 0 radical (unpaired) electrons. The minimum atomic E-state index is 0.638. The lowest BCUT2D eigenvalue weighted by molar-refractivity contribution is 0.419. The van der Waals surface area contributed by atoms with Gasteiger partial charge in [0.1, 0.15) is 0 Å². The lowest BCUT2D eigenvalue weighted by atomic mass is 10.0. The van der Waals surface area contributed by atoms with Crippen molar-refractivity contribution in [2.45, 2.75) is 46.1 Å². The molecule has 1 saturated carbocycles. The Bertz CT molecular complexity index is 312. The number of imidazole rings is 1. The minimum Gasteiger partial charge on any atom is -0.348 e. The third kappa shape index (κ3) is 2.59. The van der Waals surface area contributed by atoms with Gasteiger partial charge in [0, 0.05) is 18.8 Å². The van der Waals surface area contributed by atoms with Crippen molar-refractivity contribution in [3.05, 3.63) is 17.7 Å². The van der Waals surface area contributed by atoms with Crippen LogP contribution in [0.15, 0.2) is 6.33 Å². The number of aromatic nitrogens is 2. The highest BCUT2D eigenvalue weighted by atomic mass is 15.0. The number of H-pyrrole nitrogens is 1. The van der Waals surface area contributed by atoms with Gasteiger partial charge >= 0.3 is 0 Å². The SMILES string of the molecule is CCCC1(CNCc2nc[nH]c2C)CC1. The Hall–Kier alpha value is -0.830. The summed E-state index contributed by atoms with van der Waals surface area (Å²) in [6, 6.07) is 0. The average Bonchev–Trinajstić information content (AvgIpc) is 2.85. The van der Waals surface area contributed by atoms with Gasteiger partial charge in [-0.05, 0) is 31.6 Å². The van der Waals surface area contributed by atoms with E-state index in [0.29, 0.717) is 5.41 Å². The van der Waals surface area contributed by atoms with E-state index < -0.39 is 0 Å². The lowest BCUT2D eigenvalue weighted by Gasteiger charge is -2.14. The van der Waals surface area contributed by atoms with E-state index in [1.165, 1.54) is 31.4 Å². The lowest BCUT2D eigenvalue weighted by Crippen LogP contribution is -2.24. The summed E-state index contributed by atoms with van der Waals surface area (Å²) in [6.07, 6.45) is 7.27. The summed E-state index contributed by atoms with van der Waals surface area (Å²) in [5.41, 5.74) is 2.98. The summed E-state index contributed by atoms with van der Waals surface area (Å²) in [5.74, 6) is 0. The third-order valence-electron chi connectivity index (χ3n) is 3.46. The summed E-state index contributed by atoms with van der Waals surface area (Å²) >= 11 is 0. The molecule has 3 heteroatoms. The zero-order valence-corrected chi connectivity index (χ0v) is 9.77. The Balaban J connectivity index is 1.73. The first-order valence-corrected chi connectivity index (χ1v) is 5.95. The van der Waals surface area contributed by atoms with Crippen LogP contribution < -0.4 is 5.32 Å². The molecular formula is C12H21N3. The molecule has 2 N–H and O–H groups in total. The van der Waals surface area contributed by atoms with Gasteiger partial charge in [0.25, 0.3) is 0 Å². The fourth-order valence-corrected chi connectivity index (χ4v) is 2.23. The second-order valence-corrected chi connectivity index (χ2v) is 4.83. The number of rotatable bonds is 6. The normalized spacial score (nSPS) is 18.0. The van der Waals surface area contributed by atoms with Crippen molar-refractivity contribution in [3.8, 4) is 0 Å². The van der Waals surface area contributed by atoms with E-state index in [-0.39, 0.29) is 0 Å². The van der Waals surface area contributed by atoms with Gasteiger partial charge in [-0.25, -0.2) is 4.98 Å². The van der Waals surface area contributed by atoms with Crippen molar-refractivity contribution < 1.29 is 0 Å². The maximum atomic E-state index is 4.28. The molecule has 0 amide bonds. The fraction of sp³-hybridized carbons (Fsp3) is 0.750. The number of hydrogen-bond donors (Lipinski definition) is 2. The summed E-state index contributed by atoms with van der Waals surface area (Å²) in [7, 11) is 0. The van der Waals surface area contributed by atoms with Gasteiger partial charge in [-0.1, -0.05) is 13.3 Å². The molecule has 1 aromatic rings. The van der Waals surface area contributed by atoms with E-state index in [4.69, 9.17) is 0 Å². The van der Waals surface area contributed by atoms with Gasteiger partial charge in [0.15, 0.2) is 0 Å². The van der Waals surface area contributed by atoms with Crippen LogP contribution in [0.1, 0.15) is 44.0 Å². The van der Waals surface area contributed by atoms with Gasteiger partial charge < -0.3 is 10.3 Å². The minimum absolute atomic E-state index is 0.638. The Morgan fingerprint density at radius 3 is 2.87 bits per heavy atom. The second-order valence-electron chi connectivity index (χ2n) is 4.83. The molecule has 0 bridgehead atoms. The molecule has 1 aromatic heterocycles. The number of nitrogens with zero attached hydrogens (tertiary/aromatic N) is 1. The monoisotopic (exact) mass is 207 g/mol. The topological polar surface area (TPSA) is 40.7 Å².